The maximum absolute atomic E-state index is 9.43. The maximum atomic E-state index is 9.43. The summed E-state index contributed by atoms with van der Waals surface area (Å²) in [6.45, 7) is 2.58. The van der Waals surface area contributed by atoms with Crippen LogP contribution >= 0.6 is 0 Å². The number of unbranched alkanes of at least 4 members (excludes halogenated alkanes) is 5. The van der Waals surface area contributed by atoms with E-state index in [1.807, 2.05) is 0 Å². The molecule has 0 aromatic carbocycles. The molecule has 0 radical (unpaired) electrons. The van der Waals surface area contributed by atoms with Crippen LogP contribution in [0.25, 0.3) is 0 Å². The van der Waals surface area contributed by atoms with E-state index < -0.39 is 0 Å². The van der Waals surface area contributed by atoms with Crippen LogP contribution in [0.5, 0.6) is 0 Å². The molecule has 0 aliphatic heterocycles. The second kappa shape index (κ2) is 14.9. The van der Waals surface area contributed by atoms with Gasteiger partial charge in [-0.2, -0.15) is 0 Å². The lowest BCUT2D eigenvalue weighted by Crippen LogP contribution is -2.06. The average molecular weight is 203 g/mol. The summed E-state index contributed by atoms with van der Waals surface area (Å²) in [4.78, 5) is 10.9. The Morgan fingerprint density at radius 1 is 1.07 bits per heavy atom. The van der Waals surface area contributed by atoms with Crippen molar-refractivity contribution in [3.63, 3.8) is 0 Å². The lowest BCUT2D eigenvalue weighted by atomic mass is 10.1. The van der Waals surface area contributed by atoms with Crippen LogP contribution in [0.3, 0.4) is 0 Å². The van der Waals surface area contributed by atoms with E-state index in [-0.39, 0.29) is 0 Å². The van der Waals surface area contributed by atoms with Gasteiger partial charge in [-0.05, 0) is 6.42 Å². The Hall–Kier alpha value is -0.570. The molecule has 1 N–H and O–H groups in total. The molecule has 3 heteroatoms. The second-order valence-corrected chi connectivity index (χ2v) is 3.56. The average Bonchev–Trinajstić information content (AvgIpc) is 2.19. The molecule has 0 heterocycles. The molecule has 0 bridgehead atoms. The Labute approximate surface area is 88.1 Å². The van der Waals surface area contributed by atoms with Crippen molar-refractivity contribution in [2.45, 2.75) is 45.4 Å². The van der Waals surface area contributed by atoms with Gasteiger partial charge in [-0.1, -0.05) is 39.0 Å². The molecule has 0 saturated carbocycles. The van der Waals surface area contributed by atoms with E-state index in [0.29, 0.717) is 6.61 Å². The number of carbonyl (C=O) groups is 1. The molecule has 14 heavy (non-hydrogen) atoms. The summed E-state index contributed by atoms with van der Waals surface area (Å²) in [5, 5.41) is 8.42. The van der Waals surface area contributed by atoms with Gasteiger partial charge in [0.1, 0.15) is 0 Å². The zero-order chi connectivity index (χ0) is 11.2. The van der Waals surface area contributed by atoms with Gasteiger partial charge in [-0.25, -0.2) is 0 Å². The summed E-state index contributed by atoms with van der Waals surface area (Å²) in [6.07, 6.45) is 8.25. The largest absolute Gasteiger partial charge is 0.396 e. The highest BCUT2D eigenvalue weighted by Gasteiger charge is 1.86. The molecule has 1 amide bonds. The summed E-state index contributed by atoms with van der Waals surface area (Å²) in [7, 11) is 3.38. The standard InChI is InChI=1S/C8H18O.C3H7NO/c1-2-3-4-5-6-7-8-9;1-4(2)3-5/h9H,2-8H2,1H3;3H,1-2H3. The molecule has 0 unspecified atom stereocenters. The Bertz CT molecular complexity index is 99.5. The number of rotatable bonds is 7. The fourth-order valence-corrected chi connectivity index (χ4v) is 0.892. The zero-order valence-corrected chi connectivity index (χ0v) is 9.83. The smallest absolute Gasteiger partial charge is 0.209 e. The second-order valence-electron chi connectivity index (χ2n) is 3.56. The van der Waals surface area contributed by atoms with Gasteiger partial charge in [-0.15, -0.1) is 0 Å². The molecule has 0 saturated heterocycles. The van der Waals surface area contributed by atoms with E-state index in [2.05, 4.69) is 6.92 Å². The predicted molar refractivity (Wildman–Crippen MR) is 60.2 cm³/mol. The Morgan fingerprint density at radius 2 is 1.50 bits per heavy atom. The third kappa shape index (κ3) is 22.5. The monoisotopic (exact) mass is 203 g/mol. The van der Waals surface area contributed by atoms with E-state index in [9.17, 15) is 4.79 Å². The van der Waals surface area contributed by atoms with Crippen LogP contribution in [0.4, 0.5) is 0 Å². The van der Waals surface area contributed by atoms with Crippen molar-refractivity contribution in [3.05, 3.63) is 0 Å². The number of aliphatic hydroxyl groups is 1. The molecule has 0 rings (SSSR count). The fourth-order valence-electron chi connectivity index (χ4n) is 0.892. The van der Waals surface area contributed by atoms with Gasteiger partial charge in [0, 0.05) is 20.7 Å². The summed E-state index contributed by atoms with van der Waals surface area (Å²) >= 11 is 0. The fraction of sp³-hybridized carbons (Fsp3) is 0.909. The first kappa shape index (κ1) is 15.9. The first-order valence-corrected chi connectivity index (χ1v) is 5.41. The minimum absolute atomic E-state index is 0.367. The Morgan fingerprint density at radius 3 is 1.86 bits per heavy atom. The van der Waals surface area contributed by atoms with Crippen LogP contribution in [0.1, 0.15) is 45.4 Å². The molecule has 0 atom stereocenters. The van der Waals surface area contributed by atoms with Crippen molar-refractivity contribution in [1.29, 1.82) is 0 Å². The van der Waals surface area contributed by atoms with E-state index in [0.717, 1.165) is 12.8 Å². The highest BCUT2D eigenvalue weighted by atomic mass is 16.2. The number of hydrogen-bond donors (Lipinski definition) is 1. The van der Waals surface area contributed by atoms with Crippen LogP contribution in [-0.2, 0) is 4.79 Å². The normalized spacial score (nSPS) is 8.86. The van der Waals surface area contributed by atoms with Gasteiger partial charge in [0.2, 0.25) is 6.41 Å². The summed E-state index contributed by atoms with van der Waals surface area (Å²) < 4.78 is 0. The van der Waals surface area contributed by atoms with Gasteiger partial charge >= 0.3 is 0 Å². The lowest BCUT2D eigenvalue weighted by molar-refractivity contribution is -0.115. The summed E-state index contributed by atoms with van der Waals surface area (Å²) in [5.74, 6) is 0. The Kier molecular flexibility index (Phi) is 16.9. The zero-order valence-electron chi connectivity index (χ0n) is 9.83. The van der Waals surface area contributed by atoms with Crippen molar-refractivity contribution < 1.29 is 9.90 Å². The quantitative estimate of drug-likeness (QED) is 0.508. The molecule has 86 valence electrons. The van der Waals surface area contributed by atoms with Crippen molar-refractivity contribution in [2.75, 3.05) is 20.7 Å². The van der Waals surface area contributed by atoms with Crippen molar-refractivity contribution in [2.24, 2.45) is 0 Å². The minimum atomic E-state index is 0.367. The third-order valence-corrected chi connectivity index (χ3v) is 1.72. The van der Waals surface area contributed by atoms with E-state index in [1.165, 1.54) is 37.0 Å². The van der Waals surface area contributed by atoms with E-state index >= 15 is 0 Å². The first-order valence-electron chi connectivity index (χ1n) is 5.41. The number of amides is 1. The predicted octanol–water partition coefficient (Wildman–Crippen LogP) is 2.04. The molecule has 3 nitrogen and oxygen atoms in total. The summed E-state index contributed by atoms with van der Waals surface area (Å²) in [5.41, 5.74) is 0. The lowest BCUT2D eigenvalue weighted by Gasteiger charge is -1.95. The van der Waals surface area contributed by atoms with Gasteiger partial charge in [0.25, 0.3) is 0 Å². The van der Waals surface area contributed by atoms with Crippen molar-refractivity contribution in [3.8, 4) is 0 Å². The number of hydrogen-bond acceptors (Lipinski definition) is 2. The van der Waals surface area contributed by atoms with Crippen molar-refractivity contribution >= 4 is 6.41 Å². The van der Waals surface area contributed by atoms with Crippen LogP contribution in [0.15, 0.2) is 0 Å². The van der Waals surface area contributed by atoms with Crippen LogP contribution in [-0.4, -0.2) is 37.1 Å². The van der Waals surface area contributed by atoms with E-state index in [1.54, 1.807) is 14.1 Å². The Balaban J connectivity index is 0. The number of nitrogens with zero attached hydrogens (tertiary/aromatic N) is 1. The highest BCUT2D eigenvalue weighted by Crippen LogP contribution is 2.03. The van der Waals surface area contributed by atoms with Gasteiger partial charge in [-0.3, -0.25) is 4.79 Å². The number of aliphatic hydroxyl groups excluding tert-OH is 1. The van der Waals surface area contributed by atoms with Gasteiger partial charge in [0.15, 0.2) is 0 Å². The highest BCUT2D eigenvalue weighted by molar-refractivity contribution is 5.45. The molecule has 0 aliphatic carbocycles. The first-order chi connectivity index (χ1) is 6.68. The molecule has 0 aliphatic rings. The van der Waals surface area contributed by atoms with Gasteiger partial charge in [0.05, 0.1) is 0 Å². The number of carbonyl (C=O) groups excluding carboxylic acids is 1. The van der Waals surface area contributed by atoms with Gasteiger partial charge < -0.3 is 10.0 Å². The third-order valence-electron chi connectivity index (χ3n) is 1.72. The maximum Gasteiger partial charge on any atom is 0.209 e. The van der Waals surface area contributed by atoms with Crippen LogP contribution < -0.4 is 0 Å². The molecule has 0 aromatic heterocycles. The topological polar surface area (TPSA) is 40.5 Å². The molecular weight excluding hydrogens is 178 g/mol. The molecular formula is C11H25NO2. The van der Waals surface area contributed by atoms with Crippen LogP contribution in [0, 0.1) is 0 Å². The molecule has 0 aromatic rings. The van der Waals surface area contributed by atoms with Crippen molar-refractivity contribution in [1.82, 2.24) is 4.90 Å². The minimum Gasteiger partial charge on any atom is -0.396 e. The van der Waals surface area contributed by atoms with E-state index in [4.69, 9.17) is 5.11 Å². The van der Waals surface area contributed by atoms with Crippen LogP contribution in [0.2, 0.25) is 0 Å². The summed E-state index contributed by atoms with van der Waals surface area (Å²) in [6, 6.07) is 0. The molecule has 0 fully saturated rings. The SMILES string of the molecule is CCCCCCCCO.CN(C)C=O. The molecule has 0 spiro atoms.